The molecule has 0 aromatic heterocycles. The van der Waals surface area contributed by atoms with Gasteiger partial charge in [-0.15, -0.1) is 0 Å². The fourth-order valence-corrected chi connectivity index (χ4v) is 3.49. The van der Waals surface area contributed by atoms with Crippen LogP contribution in [0.5, 0.6) is 0 Å². The minimum atomic E-state index is -0.393. The summed E-state index contributed by atoms with van der Waals surface area (Å²) in [6.45, 7) is 0. The standard InChI is InChI=1S/C9H6BrFO.C9H7FO.CH4/c10-6-2-3-7(11)9-5(6)1-4-8(9)12;10-7-3-1-2-6-4-5-8(11)9(6)7;/h2-3H,1,4H2;1-3H,4-5H2;1H4. The lowest BCUT2D eigenvalue weighted by atomic mass is 10.1. The second-order valence-electron chi connectivity index (χ2n) is 5.50. The van der Waals surface area contributed by atoms with Gasteiger partial charge in [0.2, 0.25) is 0 Å². The van der Waals surface area contributed by atoms with E-state index in [1.165, 1.54) is 12.1 Å². The zero-order chi connectivity index (χ0) is 16.6. The summed E-state index contributed by atoms with van der Waals surface area (Å²) >= 11 is 3.29. The lowest BCUT2D eigenvalue weighted by Gasteiger charge is -2.00. The summed E-state index contributed by atoms with van der Waals surface area (Å²) in [6.07, 6.45) is 2.27. The van der Waals surface area contributed by atoms with Crippen LogP contribution in [0.1, 0.15) is 52.1 Å². The van der Waals surface area contributed by atoms with E-state index in [1.807, 2.05) is 6.07 Å². The van der Waals surface area contributed by atoms with E-state index in [9.17, 15) is 18.4 Å². The number of Topliss-reactive ketones (excluding diaryl/α,β-unsaturated/α-hetero) is 2. The third-order valence-electron chi connectivity index (χ3n) is 4.09. The molecule has 24 heavy (non-hydrogen) atoms. The van der Waals surface area contributed by atoms with Crippen LogP contribution < -0.4 is 0 Å². The molecule has 0 atom stereocenters. The van der Waals surface area contributed by atoms with Crippen LogP contribution >= 0.6 is 15.9 Å². The van der Waals surface area contributed by atoms with Gasteiger partial charge in [-0.1, -0.05) is 35.5 Å². The lowest BCUT2D eigenvalue weighted by molar-refractivity contribution is 0.0983. The average molecular weight is 395 g/mol. The quantitative estimate of drug-likeness (QED) is 0.606. The van der Waals surface area contributed by atoms with Gasteiger partial charge >= 0.3 is 0 Å². The number of carbonyl (C=O) groups excluding carboxylic acids is 2. The molecule has 4 rings (SSSR count). The first-order valence-electron chi connectivity index (χ1n) is 7.29. The Morgan fingerprint density at radius 2 is 1.42 bits per heavy atom. The van der Waals surface area contributed by atoms with Gasteiger partial charge in [0, 0.05) is 17.3 Å². The maximum absolute atomic E-state index is 13.1. The second kappa shape index (κ2) is 7.34. The van der Waals surface area contributed by atoms with Crippen LogP contribution in [0, 0.1) is 11.6 Å². The molecule has 2 aromatic carbocycles. The van der Waals surface area contributed by atoms with Crippen molar-refractivity contribution >= 4 is 27.5 Å². The first-order chi connectivity index (χ1) is 11.0. The van der Waals surface area contributed by atoms with Crippen LogP contribution in [0.2, 0.25) is 0 Å². The number of rotatable bonds is 0. The second-order valence-corrected chi connectivity index (χ2v) is 6.36. The Morgan fingerprint density at radius 1 is 0.792 bits per heavy atom. The number of carbonyl (C=O) groups is 2. The highest BCUT2D eigenvalue weighted by Crippen LogP contribution is 2.30. The molecule has 0 spiro atoms. The van der Waals surface area contributed by atoms with Gasteiger partial charge in [-0.05, 0) is 42.2 Å². The summed E-state index contributed by atoms with van der Waals surface area (Å²) in [5, 5.41) is 0. The molecule has 5 heteroatoms. The van der Waals surface area contributed by atoms with Crippen molar-refractivity contribution < 1.29 is 18.4 Å². The summed E-state index contributed by atoms with van der Waals surface area (Å²) in [4.78, 5) is 22.2. The molecule has 0 amide bonds. The van der Waals surface area contributed by atoms with Crippen molar-refractivity contribution in [3.05, 3.63) is 68.7 Å². The maximum Gasteiger partial charge on any atom is 0.166 e. The Hall–Kier alpha value is -1.88. The van der Waals surface area contributed by atoms with Gasteiger partial charge in [0.1, 0.15) is 11.6 Å². The Bertz CT molecular complexity index is 815. The van der Waals surface area contributed by atoms with Crippen molar-refractivity contribution in [3.63, 3.8) is 0 Å². The number of halogens is 3. The monoisotopic (exact) mass is 394 g/mol. The Balaban J connectivity index is 0.000000167. The highest BCUT2D eigenvalue weighted by Gasteiger charge is 2.25. The normalized spacial score (nSPS) is 14.5. The van der Waals surface area contributed by atoms with Gasteiger partial charge in [0.05, 0.1) is 11.1 Å². The van der Waals surface area contributed by atoms with Crippen LogP contribution in [-0.2, 0) is 12.8 Å². The van der Waals surface area contributed by atoms with Gasteiger partial charge < -0.3 is 0 Å². The molecule has 0 bridgehead atoms. The minimum Gasteiger partial charge on any atom is -0.294 e. The van der Waals surface area contributed by atoms with Gasteiger partial charge in [-0.3, -0.25) is 9.59 Å². The van der Waals surface area contributed by atoms with Gasteiger partial charge in [0.15, 0.2) is 11.6 Å². The molecule has 0 saturated carbocycles. The molecule has 2 aromatic rings. The smallest absolute Gasteiger partial charge is 0.166 e. The van der Waals surface area contributed by atoms with Crippen molar-refractivity contribution in [1.82, 2.24) is 0 Å². The van der Waals surface area contributed by atoms with Crippen molar-refractivity contribution in [2.75, 3.05) is 0 Å². The minimum absolute atomic E-state index is 0. The molecule has 0 unspecified atom stereocenters. The highest BCUT2D eigenvalue weighted by molar-refractivity contribution is 9.10. The molecule has 2 aliphatic carbocycles. The predicted octanol–water partition coefficient (Wildman–Crippen LogP) is 5.31. The molecule has 0 saturated heterocycles. The zero-order valence-electron chi connectivity index (χ0n) is 12.2. The third-order valence-corrected chi connectivity index (χ3v) is 4.83. The largest absolute Gasteiger partial charge is 0.294 e. The van der Waals surface area contributed by atoms with Crippen molar-refractivity contribution in [2.24, 2.45) is 0 Å². The third kappa shape index (κ3) is 3.31. The zero-order valence-corrected chi connectivity index (χ0v) is 13.8. The van der Waals surface area contributed by atoms with Crippen molar-refractivity contribution in [1.29, 1.82) is 0 Å². The van der Waals surface area contributed by atoms with Gasteiger partial charge in [-0.2, -0.15) is 0 Å². The van der Waals surface area contributed by atoms with Crippen LogP contribution in [0.15, 0.2) is 34.8 Å². The molecule has 0 aliphatic heterocycles. The van der Waals surface area contributed by atoms with Crippen LogP contribution in [-0.4, -0.2) is 11.6 Å². The lowest BCUT2D eigenvalue weighted by Crippen LogP contribution is -1.96. The number of fused-ring (bicyclic) bond motifs is 2. The Morgan fingerprint density at radius 3 is 2.08 bits per heavy atom. The first kappa shape index (κ1) is 18.5. The molecular formula is C19H17BrF2O2. The molecule has 2 aliphatic rings. The van der Waals surface area contributed by atoms with E-state index in [1.54, 1.807) is 12.1 Å². The van der Waals surface area contributed by atoms with Crippen LogP contribution in [0.4, 0.5) is 8.78 Å². The number of ketones is 2. The highest BCUT2D eigenvalue weighted by atomic mass is 79.9. The molecule has 2 nitrogen and oxygen atoms in total. The van der Waals surface area contributed by atoms with Crippen LogP contribution in [0.25, 0.3) is 0 Å². The van der Waals surface area contributed by atoms with E-state index in [4.69, 9.17) is 0 Å². The predicted molar refractivity (Wildman–Crippen MR) is 92.5 cm³/mol. The number of hydrogen-bond donors (Lipinski definition) is 0. The number of benzene rings is 2. The fraction of sp³-hybridized carbons (Fsp3) is 0.263. The molecule has 0 heterocycles. The molecule has 0 fully saturated rings. The van der Waals surface area contributed by atoms with Crippen molar-refractivity contribution in [3.8, 4) is 0 Å². The molecular weight excluding hydrogens is 378 g/mol. The van der Waals surface area contributed by atoms with Crippen LogP contribution in [0.3, 0.4) is 0 Å². The molecule has 126 valence electrons. The van der Waals surface area contributed by atoms with E-state index in [0.717, 1.165) is 15.6 Å². The molecule has 0 radical (unpaired) electrons. The van der Waals surface area contributed by atoms with E-state index < -0.39 is 5.82 Å². The summed E-state index contributed by atoms with van der Waals surface area (Å²) in [7, 11) is 0. The van der Waals surface area contributed by atoms with Crippen molar-refractivity contribution in [2.45, 2.75) is 33.1 Å². The SMILES string of the molecule is C.O=C1CCc2c(Br)ccc(F)c21.O=C1CCc2cccc(F)c21. The number of hydrogen-bond acceptors (Lipinski definition) is 2. The Kier molecular flexibility index (Phi) is 5.65. The summed E-state index contributed by atoms with van der Waals surface area (Å²) in [6, 6.07) is 7.76. The Labute approximate surface area is 148 Å². The summed E-state index contributed by atoms with van der Waals surface area (Å²) in [5.74, 6) is -0.900. The summed E-state index contributed by atoms with van der Waals surface area (Å²) in [5.41, 5.74) is 2.27. The first-order valence-corrected chi connectivity index (χ1v) is 8.09. The van der Waals surface area contributed by atoms with Gasteiger partial charge in [-0.25, -0.2) is 8.78 Å². The maximum atomic E-state index is 13.1. The fourth-order valence-electron chi connectivity index (χ4n) is 2.97. The van der Waals surface area contributed by atoms with Gasteiger partial charge in [0.25, 0.3) is 0 Å². The number of aryl methyl sites for hydroxylation is 1. The topological polar surface area (TPSA) is 34.1 Å². The van der Waals surface area contributed by atoms with E-state index in [2.05, 4.69) is 15.9 Å². The van der Waals surface area contributed by atoms with E-state index in [-0.39, 0.29) is 30.4 Å². The average Bonchev–Trinajstić information content (AvgIpc) is 3.09. The van der Waals surface area contributed by atoms with E-state index in [0.29, 0.717) is 31.2 Å². The summed E-state index contributed by atoms with van der Waals surface area (Å²) < 4.78 is 26.8. The molecule has 0 N–H and O–H groups in total. The van der Waals surface area contributed by atoms with E-state index >= 15 is 0 Å².